The number of esters is 1. The van der Waals surface area contributed by atoms with Gasteiger partial charge in [-0.3, -0.25) is 47.9 Å². The maximum atomic E-state index is 13.2. The summed E-state index contributed by atoms with van der Waals surface area (Å²) in [6, 6.07) is 13.9. The first kappa shape index (κ1) is 75.3. The summed E-state index contributed by atoms with van der Waals surface area (Å²) < 4.78 is 20.6. The van der Waals surface area contributed by atoms with E-state index in [1.165, 1.54) is 28.4 Å². The lowest BCUT2D eigenvalue weighted by Crippen LogP contribution is -2.50. The molecule has 0 radical (unpaired) electrons. The van der Waals surface area contributed by atoms with Gasteiger partial charge in [0.05, 0.1) is 77.5 Å². The first-order valence-electron chi connectivity index (χ1n) is 34.4. The molecule has 3 aliphatic heterocycles. The topological polar surface area (TPSA) is 406 Å². The smallest absolute Gasteiger partial charge is 0.328 e. The van der Waals surface area contributed by atoms with Crippen LogP contribution in [0.1, 0.15) is 141 Å². The molecule has 3 saturated heterocycles. The van der Waals surface area contributed by atoms with E-state index < -0.39 is 65.6 Å². The molecule has 8 amide bonds. The molecule has 3 aliphatic carbocycles. The van der Waals surface area contributed by atoms with Gasteiger partial charge in [0.25, 0.3) is 5.91 Å². The highest BCUT2D eigenvalue weighted by molar-refractivity contribution is 6.36. The van der Waals surface area contributed by atoms with Gasteiger partial charge < -0.3 is 76.9 Å². The number of nitrogens with one attached hydrogen (secondary N) is 10. The van der Waals surface area contributed by atoms with Crippen LogP contribution in [0.4, 0.5) is 0 Å². The molecule has 3 aromatic carbocycles. The van der Waals surface area contributed by atoms with E-state index in [0.29, 0.717) is 142 Å². The second-order valence-electron chi connectivity index (χ2n) is 27.3. The summed E-state index contributed by atoms with van der Waals surface area (Å²) in [5.41, 5.74) is 8.35. The average Bonchev–Trinajstić information content (AvgIpc) is 1.66. The first-order chi connectivity index (χ1) is 48.9. The molecule has 12 rings (SSSR count). The molecule has 0 spiro atoms. The molecule has 12 N–H and O–H groups in total. The van der Waals surface area contributed by atoms with E-state index in [1.807, 2.05) is 0 Å². The molecule has 0 bridgehead atoms. The number of carbonyl (C=O) groups excluding carboxylic acids is 11. The number of methoxy groups -OCH3 is 4. The van der Waals surface area contributed by atoms with Crippen molar-refractivity contribution in [3.63, 3.8) is 0 Å². The van der Waals surface area contributed by atoms with Crippen LogP contribution in [0.3, 0.4) is 0 Å². The lowest BCUT2D eigenvalue weighted by atomic mass is 9.92. The number of nitriles is 1. The highest BCUT2D eigenvalue weighted by Gasteiger charge is 2.39. The molecule has 3 saturated carbocycles. The third-order valence-electron chi connectivity index (χ3n) is 19.6. The van der Waals surface area contributed by atoms with Gasteiger partial charge in [-0.05, 0) is 112 Å². The third-order valence-corrected chi connectivity index (χ3v) is 20.5. The molecule has 544 valence electrons. The summed E-state index contributed by atoms with van der Waals surface area (Å²) in [5.74, 6) is -3.09. The number of aromatic amines is 3. The monoisotopic (exact) mass is 1460 g/mol. The number of fused-ring (bicyclic) bond motifs is 3. The Morgan fingerprint density at radius 2 is 0.863 bits per heavy atom. The SMILES string of the molecule is COC(=O)[C@H](C[C@@H]1CCNC1=O)NC(=O)[C@@H](CC(=O)c1cc2cc(OC)cc(Cl)c2[nH]1)CC1CC1.COc1cc(Cl)c2[nH]c(C(=O)C[C@@H](CC3CC3)C(=O)N[C@@H](C[C@@H]3CCNC3=O)C(N)=O)cc2c1.COc1cc(Cl)c2[nH]c(C(=O)N[C@@H](CC3CC3)C(=O)N[C@H](C#N)C[C@@H]3CCNC3=O)cc2c1. The molecule has 102 heavy (non-hydrogen) atoms. The van der Waals surface area contributed by atoms with Crippen molar-refractivity contribution in [2.75, 3.05) is 48.1 Å². The van der Waals surface area contributed by atoms with Crippen LogP contribution < -0.4 is 57.2 Å². The largest absolute Gasteiger partial charge is 0.497 e. The Morgan fingerprint density at radius 3 is 1.24 bits per heavy atom. The molecule has 6 aliphatic rings. The predicted molar refractivity (Wildman–Crippen MR) is 378 cm³/mol. The fraction of sp³-hybridized carbons (Fsp3) is 0.500. The Balaban J connectivity index is 0.000000165. The van der Waals surface area contributed by atoms with Crippen LogP contribution >= 0.6 is 34.8 Å². The number of primary amides is 1. The number of H-pyrrole nitrogens is 3. The Labute approximate surface area is 602 Å². The van der Waals surface area contributed by atoms with E-state index in [9.17, 15) is 58.0 Å². The lowest BCUT2D eigenvalue weighted by molar-refractivity contribution is -0.146. The fourth-order valence-corrected chi connectivity index (χ4v) is 14.1. The summed E-state index contributed by atoms with van der Waals surface area (Å²) in [6.07, 6.45) is 10.1. The van der Waals surface area contributed by atoms with E-state index >= 15 is 0 Å². The van der Waals surface area contributed by atoms with Crippen LogP contribution in [0.25, 0.3) is 32.7 Å². The number of Topliss-reactive ketones (excluding diaryl/α,β-unsaturated/α-hetero) is 2. The van der Waals surface area contributed by atoms with Gasteiger partial charge in [0.15, 0.2) is 11.6 Å². The number of rotatable bonds is 31. The number of nitrogens with two attached hydrogens (primary N) is 1. The van der Waals surface area contributed by atoms with E-state index in [0.717, 1.165) is 49.3 Å². The van der Waals surface area contributed by atoms with E-state index in [4.69, 9.17) is 59.5 Å². The van der Waals surface area contributed by atoms with Crippen LogP contribution in [-0.2, 0) is 43.1 Å². The van der Waals surface area contributed by atoms with Crippen LogP contribution in [0.5, 0.6) is 17.2 Å². The summed E-state index contributed by atoms with van der Waals surface area (Å²) in [7, 11) is 5.86. The van der Waals surface area contributed by atoms with Crippen LogP contribution in [0, 0.1) is 58.7 Å². The van der Waals surface area contributed by atoms with Crippen molar-refractivity contribution < 1.29 is 71.7 Å². The van der Waals surface area contributed by atoms with Crippen LogP contribution in [-0.4, -0.2) is 152 Å². The average molecular weight is 1460 g/mol. The van der Waals surface area contributed by atoms with Crippen LogP contribution in [0.2, 0.25) is 15.1 Å². The van der Waals surface area contributed by atoms with Gasteiger partial charge in [0.2, 0.25) is 41.4 Å². The number of carbonyl (C=O) groups is 11. The molecular formula is C72H85Cl3N12O15. The Hall–Kier alpha value is -9.39. The van der Waals surface area contributed by atoms with Crippen LogP contribution in [0.15, 0.2) is 54.6 Å². The summed E-state index contributed by atoms with van der Waals surface area (Å²) in [6.45, 7) is 1.67. The van der Waals surface area contributed by atoms with Gasteiger partial charge in [-0.2, -0.15) is 5.26 Å². The summed E-state index contributed by atoms with van der Waals surface area (Å²) in [4.78, 5) is 148. The zero-order valence-corrected chi connectivity index (χ0v) is 59.3. The zero-order chi connectivity index (χ0) is 73.1. The fourth-order valence-electron chi connectivity index (χ4n) is 13.3. The van der Waals surface area contributed by atoms with Crippen molar-refractivity contribution in [3.05, 3.63) is 86.7 Å². The molecule has 6 fully saturated rings. The number of benzene rings is 3. The van der Waals surface area contributed by atoms with Crippen molar-refractivity contribution in [2.24, 2.45) is 53.1 Å². The zero-order valence-electron chi connectivity index (χ0n) is 57.0. The van der Waals surface area contributed by atoms with Gasteiger partial charge in [-0.25, -0.2) is 4.79 Å². The number of nitrogens with zero attached hydrogens (tertiary/aromatic N) is 1. The molecule has 6 heterocycles. The maximum absolute atomic E-state index is 13.2. The third kappa shape index (κ3) is 19.8. The van der Waals surface area contributed by atoms with Gasteiger partial charge in [0.1, 0.15) is 47.1 Å². The van der Waals surface area contributed by atoms with Gasteiger partial charge in [-0.1, -0.05) is 73.3 Å². The minimum atomic E-state index is -0.961. The van der Waals surface area contributed by atoms with Gasteiger partial charge in [-0.15, -0.1) is 0 Å². The van der Waals surface area contributed by atoms with E-state index in [2.05, 4.69) is 58.2 Å². The molecule has 3 aromatic heterocycles. The van der Waals surface area contributed by atoms with Crippen molar-refractivity contribution in [1.82, 2.24) is 52.2 Å². The maximum Gasteiger partial charge on any atom is 0.328 e. The van der Waals surface area contributed by atoms with Gasteiger partial charge in [0, 0.05) is 96.4 Å². The quantitative estimate of drug-likeness (QED) is 0.0147. The number of halogens is 3. The Bertz CT molecular complexity index is 4230. The standard InChI is InChI=1S/C25H30ClN3O6.C24H29ClN4O5.C23H26ClN5O4/c1-34-17-8-15-10-19(28-22(15)18(26)12-17)21(30)11-16(7-13-3-4-13)24(32)29-20(25(33)35-2)9-14-5-6-27-23(14)31;1-34-16-7-14-9-18(28-21(14)17(25)11-16)20(30)10-15(6-12-2-3-12)24(33)29-19(22(26)31)8-13-4-5-27-23(13)32;1-33-16-8-14-9-19(28-20(14)17(24)10-16)23(32)29-18(6-12-2-3-12)22(31)27-15(11-25)7-13-4-5-26-21(13)30/h8,10,12-14,16,20,28H,3-7,9,11H2,1-2H3,(H,27,31)(H,29,32);7,9,11-13,15,19,28H,2-6,8,10H2,1H3,(H2,26,31)(H,27,32)(H,29,33);8-10,12-13,15,18,28H,2-7H2,1H3,(H,26,30)(H,27,31)(H,29,32)/t14-,16+,20-;13-,15+,19-;13-,15-,18-/m000/s1. The number of ketones is 2. The second-order valence-corrected chi connectivity index (χ2v) is 28.5. The minimum absolute atomic E-state index is 0.0122. The predicted octanol–water partition coefficient (Wildman–Crippen LogP) is 7.58. The summed E-state index contributed by atoms with van der Waals surface area (Å²) in [5, 5.41) is 32.2. The second kappa shape index (κ2) is 34.1. The molecule has 0 unspecified atom stereocenters. The number of hydrogen-bond acceptors (Lipinski definition) is 16. The molecule has 27 nitrogen and oxygen atoms in total. The molecule has 9 atom stereocenters. The number of ether oxygens (including phenoxy) is 4. The molecule has 6 aromatic rings. The van der Waals surface area contributed by atoms with Crippen molar-refractivity contribution in [2.45, 2.75) is 133 Å². The molecular weight excluding hydrogens is 1380 g/mol. The number of hydrogen-bond donors (Lipinski definition) is 11. The van der Waals surface area contributed by atoms with Crippen molar-refractivity contribution >= 4 is 132 Å². The van der Waals surface area contributed by atoms with E-state index in [1.54, 1.807) is 54.6 Å². The van der Waals surface area contributed by atoms with Crippen molar-refractivity contribution in [1.29, 1.82) is 5.26 Å². The number of amides is 8. The highest BCUT2D eigenvalue weighted by atomic mass is 35.5. The normalized spacial score (nSPS) is 19.4. The molecule has 30 heteroatoms. The highest BCUT2D eigenvalue weighted by Crippen LogP contribution is 2.40. The lowest BCUT2D eigenvalue weighted by Gasteiger charge is -2.22. The Kier molecular flexibility index (Phi) is 25.1. The number of aromatic nitrogens is 3. The Morgan fingerprint density at radius 1 is 0.480 bits per heavy atom. The van der Waals surface area contributed by atoms with Gasteiger partial charge >= 0.3 is 5.97 Å². The van der Waals surface area contributed by atoms with E-state index in [-0.39, 0.29) is 90.7 Å². The first-order valence-corrected chi connectivity index (χ1v) is 35.5. The van der Waals surface area contributed by atoms with Crippen molar-refractivity contribution in [3.8, 4) is 23.3 Å². The summed E-state index contributed by atoms with van der Waals surface area (Å²) >= 11 is 18.9. The minimum Gasteiger partial charge on any atom is -0.497 e.